The Hall–Kier alpha value is -2.39. The lowest BCUT2D eigenvalue weighted by molar-refractivity contribution is -0.194. The first-order valence-electron chi connectivity index (χ1n) is 12.5. The molecule has 5 rings (SSSR count). The summed E-state index contributed by atoms with van der Waals surface area (Å²) in [6, 6.07) is 11.0. The Morgan fingerprint density at radius 1 is 1.03 bits per heavy atom. The molecular formula is C28H35NO6S. The van der Waals surface area contributed by atoms with E-state index in [1.54, 1.807) is 33.4 Å². The normalized spacial score (nSPS) is 24.5. The van der Waals surface area contributed by atoms with E-state index in [4.69, 9.17) is 18.9 Å². The number of methoxy groups -OCH3 is 2. The molecule has 1 spiro atoms. The highest BCUT2D eigenvalue weighted by Gasteiger charge is 2.54. The van der Waals surface area contributed by atoms with Gasteiger partial charge in [0.05, 0.1) is 32.3 Å². The Labute approximate surface area is 214 Å². The summed E-state index contributed by atoms with van der Waals surface area (Å²) in [7, 11) is 1.36. The van der Waals surface area contributed by atoms with Crippen LogP contribution in [0.15, 0.2) is 47.4 Å². The summed E-state index contributed by atoms with van der Waals surface area (Å²) < 4.78 is 52.0. The summed E-state index contributed by atoms with van der Waals surface area (Å²) in [4.78, 5) is 0.309. The largest absolute Gasteiger partial charge is 0.493 e. The first kappa shape index (κ1) is 25.3. The van der Waals surface area contributed by atoms with Crippen molar-refractivity contribution in [2.24, 2.45) is 5.92 Å². The van der Waals surface area contributed by atoms with Gasteiger partial charge in [-0.2, -0.15) is 0 Å². The number of aryl methyl sites for hydroxylation is 1. The van der Waals surface area contributed by atoms with E-state index in [1.165, 1.54) is 4.31 Å². The van der Waals surface area contributed by atoms with Gasteiger partial charge in [0.2, 0.25) is 10.0 Å². The fourth-order valence-electron chi connectivity index (χ4n) is 6.17. The van der Waals surface area contributed by atoms with Gasteiger partial charge >= 0.3 is 0 Å². The average molecular weight is 514 g/mol. The van der Waals surface area contributed by atoms with Crippen molar-refractivity contribution < 1.29 is 27.4 Å². The SMILES string of the molecule is COc1ccc2c(c1OC)[C@@]1(CCN(C)S(=O)(=O)c3ccc(C)cc3)CCC3(CC1C=C2)OCCO3. The van der Waals surface area contributed by atoms with Crippen LogP contribution in [0.2, 0.25) is 0 Å². The molecule has 2 atom stereocenters. The van der Waals surface area contributed by atoms with Crippen LogP contribution in [0.5, 0.6) is 11.5 Å². The molecule has 2 aromatic rings. The first-order valence-corrected chi connectivity index (χ1v) is 13.9. The molecule has 2 aliphatic carbocycles. The molecule has 2 aromatic carbocycles. The number of nitrogens with zero attached hydrogens (tertiary/aromatic N) is 1. The molecule has 194 valence electrons. The summed E-state index contributed by atoms with van der Waals surface area (Å²) in [5.74, 6) is 0.937. The molecule has 0 amide bonds. The second kappa shape index (κ2) is 9.49. The predicted octanol–water partition coefficient (Wildman–Crippen LogP) is 4.53. The number of fused-ring (bicyclic) bond motifs is 3. The van der Waals surface area contributed by atoms with Gasteiger partial charge in [-0.1, -0.05) is 35.9 Å². The third-order valence-corrected chi connectivity index (χ3v) is 10.1. The zero-order chi connectivity index (χ0) is 25.6. The van der Waals surface area contributed by atoms with Crippen molar-refractivity contribution in [1.29, 1.82) is 0 Å². The van der Waals surface area contributed by atoms with Crippen LogP contribution >= 0.6 is 0 Å². The van der Waals surface area contributed by atoms with Crippen LogP contribution in [-0.4, -0.2) is 59.5 Å². The molecule has 1 saturated heterocycles. The van der Waals surface area contributed by atoms with E-state index < -0.39 is 15.8 Å². The van der Waals surface area contributed by atoms with Crippen molar-refractivity contribution in [3.05, 3.63) is 59.2 Å². The summed E-state index contributed by atoms with van der Waals surface area (Å²) in [6.45, 7) is 3.53. The first-order chi connectivity index (χ1) is 17.2. The highest BCUT2D eigenvalue weighted by atomic mass is 32.2. The number of allylic oxidation sites excluding steroid dienone is 1. The smallest absolute Gasteiger partial charge is 0.242 e. The summed E-state index contributed by atoms with van der Waals surface area (Å²) in [5.41, 5.74) is 2.85. The van der Waals surface area contributed by atoms with E-state index in [9.17, 15) is 8.42 Å². The lowest BCUT2D eigenvalue weighted by Crippen LogP contribution is -2.50. The number of sulfonamides is 1. The van der Waals surface area contributed by atoms with Crippen molar-refractivity contribution in [1.82, 2.24) is 4.31 Å². The van der Waals surface area contributed by atoms with Gasteiger partial charge in [-0.25, -0.2) is 12.7 Å². The molecule has 36 heavy (non-hydrogen) atoms. The number of rotatable bonds is 7. The molecule has 1 unspecified atom stereocenters. The molecule has 1 heterocycles. The van der Waals surface area contributed by atoms with Gasteiger partial charge in [-0.3, -0.25) is 0 Å². The van der Waals surface area contributed by atoms with E-state index in [-0.39, 0.29) is 11.3 Å². The lowest BCUT2D eigenvalue weighted by atomic mass is 9.56. The standard InChI is InChI=1S/C28H35NO6S/c1-20-5-10-23(11-6-20)36(30,31)29(2)16-15-27-13-14-28(34-17-18-35-28)19-22(27)9-7-21-8-12-24(32-3)26(33-4)25(21)27/h5-12,22H,13-19H2,1-4H3/t22?,27-/m1/s1. The van der Waals surface area contributed by atoms with Crippen LogP contribution in [0.25, 0.3) is 6.08 Å². The molecule has 1 aliphatic heterocycles. The van der Waals surface area contributed by atoms with Crippen LogP contribution in [-0.2, 0) is 24.9 Å². The Morgan fingerprint density at radius 3 is 2.42 bits per heavy atom. The third kappa shape index (κ3) is 4.14. The van der Waals surface area contributed by atoms with Gasteiger partial charge in [0.15, 0.2) is 17.3 Å². The predicted molar refractivity (Wildman–Crippen MR) is 138 cm³/mol. The Kier molecular flexibility index (Phi) is 6.66. The molecular weight excluding hydrogens is 478 g/mol. The fraction of sp³-hybridized carbons (Fsp3) is 0.500. The number of hydrogen-bond acceptors (Lipinski definition) is 6. The van der Waals surface area contributed by atoms with Crippen molar-refractivity contribution >= 4 is 16.1 Å². The van der Waals surface area contributed by atoms with Crippen LogP contribution in [0.4, 0.5) is 0 Å². The molecule has 0 aromatic heterocycles. The van der Waals surface area contributed by atoms with Gasteiger partial charge in [-0.05, 0) is 49.4 Å². The monoisotopic (exact) mass is 513 g/mol. The van der Waals surface area contributed by atoms with Gasteiger partial charge in [-0.15, -0.1) is 0 Å². The van der Waals surface area contributed by atoms with Crippen LogP contribution in [0.3, 0.4) is 0 Å². The van der Waals surface area contributed by atoms with Crippen LogP contribution in [0, 0.1) is 12.8 Å². The maximum Gasteiger partial charge on any atom is 0.242 e. The van der Waals surface area contributed by atoms with Gasteiger partial charge < -0.3 is 18.9 Å². The Morgan fingerprint density at radius 2 is 1.75 bits per heavy atom. The third-order valence-electron chi connectivity index (χ3n) is 8.19. The van der Waals surface area contributed by atoms with Crippen molar-refractivity contribution in [2.75, 3.05) is 41.0 Å². The van der Waals surface area contributed by atoms with E-state index in [2.05, 4.69) is 18.2 Å². The Bertz CT molecular complexity index is 1250. The molecule has 0 N–H and O–H groups in total. The van der Waals surface area contributed by atoms with Crippen LogP contribution < -0.4 is 9.47 Å². The molecule has 0 radical (unpaired) electrons. The van der Waals surface area contributed by atoms with Gasteiger partial charge in [0.25, 0.3) is 0 Å². The van der Waals surface area contributed by atoms with E-state index in [0.29, 0.717) is 36.8 Å². The number of benzene rings is 2. The molecule has 3 aliphatic rings. The second-order valence-electron chi connectivity index (χ2n) is 10.1. The lowest BCUT2D eigenvalue weighted by Gasteiger charge is -2.51. The molecule has 2 fully saturated rings. The van der Waals surface area contributed by atoms with Gasteiger partial charge in [0, 0.05) is 37.4 Å². The molecule has 8 heteroatoms. The quantitative estimate of drug-likeness (QED) is 0.542. The van der Waals surface area contributed by atoms with E-state index in [1.807, 2.05) is 25.1 Å². The summed E-state index contributed by atoms with van der Waals surface area (Å²) >= 11 is 0. The minimum absolute atomic E-state index is 0.105. The van der Waals surface area contributed by atoms with Crippen LogP contribution in [0.1, 0.15) is 42.4 Å². The molecule has 1 saturated carbocycles. The zero-order valence-electron chi connectivity index (χ0n) is 21.5. The second-order valence-corrected chi connectivity index (χ2v) is 12.1. The average Bonchev–Trinajstić information content (AvgIpc) is 3.34. The molecule has 7 nitrogen and oxygen atoms in total. The van der Waals surface area contributed by atoms with Crippen molar-refractivity contribution in [3.8, 4) is 11.5 Å². The van der Waals surface area contributed by atoms with Crippen molar-refractivity contribution in [2.45, 2.75) is 48.7 Å². The van der Waals surface area contributed by atoms with E-state index in [0.717, 1.165) is 41.7 Å². The van der Waals surface area contributed by atoms with Gasteiger partial charge in [0.1, 0.15) is 0 Å². The van der Waals surface area contributed by atoms with Crippen molar-refractivity contribution in [3.63, 3.8) is 0 Å². The zero-order valence-corrected chi connectivity index (χ0v) is 22.3. The highest BCUT2D eigenvalue weighted by molar-refractivity contribution is 7.89. The fourth-order valence-corrected chi connectivity index (χ4v) is 7.34. The minimum Gasteiger partial charge on any atom is -0.493 e. The maximum atomic E-state index is 13.4. The summed E-state index contributed by atoms with van der Waals surface area (Å²) in [5, 5.41) is 0. The topological polar surface area (TPSA) is 74.3 Å². The number of hydrogen-bond donors (Lipinski definition) is 0. The summed E-state index contributed by atoms with van der Waals surface area (Å²) in [6.07, 6.45) is 7.27. The minimum atomic E-state index is -3.62. The number of ether oxygens (including phenoxy) is 4. The highest BCUT2D eigenvalue weighted by Crippen LogP contribution is 2.58. The van der Waals surface area contributed by atoms with E-state index >= 15 is 0 Å². The molecule has 0 bridgehead atoms. The Balaban J connectivity index is 1.52. The maximum absolute atomic E-state index is 13.4.